The summed E-state index contributed by atoms with van der Waals surface area (Å²) in [4.78, 5) is 1.36. The molecular formula is C17H23NS2. The second-order valence-corrected chi connectivity index (χ2v) is 6.96. The molecule has 2 aromatic rings. The number of nitrogens with one attached hydrogen (secondary N) is 1. The lowest BCUT2D eigenvalue weighted by Gasteiger charge is -2.19. The van der Waals surface area contributed by atoms with Crippen LogP contribution in [0.1, 0.15) is 37.4 Å². The fraction of sp³-hybridized carbons (Fsp3) is 0.412. The lowest BCUT2D eigenvalue weighted by molar-refractivity contribution is 0.529. The Bertz CT molecular complexity index is 476. The van der Waals surface area contributed by atoms with Crippen molar-refractivity contribution in [2.75, 3.05) is 12.3 Å². The van der Waals surface area contributed by atoms with E-state index in [0.717, 1.165) is 18.7 Å². The molecule has 1 heterocycles. The minimum Gasteiger partial charge on any atom is -0.310 e. The highest BCUT2D eigenvalue weighted by atomic mass is 32.2. The van der Waals surface area contributed by atoms with Gasteiger partial charge in [-0.25, -0.2) is 0 Å². The van der Waals surface area contributed by atoms with Crippen LogP contribution in [0.2, 0.25) is 0 Å². The first-order valence-electron chi connectivity index (χ1n) is 7.30. The van der Waals surface area contributed by atoms with Gasteiger partial charge >= 0.3 is 0 Å². The van der Waals surface area contributed by atoms with Crippen LogP contribution in [0.5, 0.6) is 0 Å². The SMILES string of the molecule is CCCNC(Cc1ccsc1)c1ccc(SCC)cc1. The lowest BCUT2D eigenvalue weighted by Crippen LogP contribution is -2.23. The zero-order valence-electron chi connectivity index (χ0n) is 12.3. The predicted octanol–water partition coefficient (Wildman–Crippen LogP) is 5.14. The van der Waals surface area contributed by atoms with Crippen molar-refractivity contribution >= 4 is 23.1 Å². The number of hydrogen-bond acceptors (Lipinski definition) is 3. The summed E-state index contributed by atoms with van der Waals surface area (Å²) >= 11 is 3.68. The first kappa shape index (κ1) is 15.6. The van der Waals surface area contributed by atoms with Gasteiger partial charge in [-0.05, 0) is 65.2 Å². The molecule has 108 valence electrons. The number of thiophene rings is 1. The average Bonchev–Trinajstić information content (AvgIpc) is 2.98. The van der Waals surface area contributed by atoms with Crippen LogP contribution in [0.15, 0.2) is 46.0 Å². The largest absolute Gasteiger partial charge is 0.310 e. The predicted molar refractivity (Wildman–Crippen MR) is 91.9 cm³/mol. The maximum atomic E-state index is 3.67. The quantitative estimate of drug-likeness (QED) is 0.677. The minimum atomic E-state index is 0.422. The first-order valence-corrected chi connectivity index (χ1v) is 9.23. The third-order valence-corrected chi connectivity index (χ3v) is 4.88. The summed E-state index contributed by atoms with van der Waals surface area (Å²) in [6.45, 7) is 5.48. The maximum Gasteiger partial charge on any atom is 0.0361 e. The molecule has 1 N–H and O–H groups in total. The molecule has 0 amide bonds. The molecular weight excluding hydrogens is 282 g/mol. The van der Waals surface area contributed by atoms with E-state index in [4.69, 9.17) is 0 Å². The van der Waals surface area contributed by atoms with Gasteiger partial charge in [-0.2, -0.15) is 11.3 Å². The molecule has 0 aliphatic carbocycles. The third kappa shape index (κ3) is 4.65. The smallest absolute Gasteiger partial charge is 0.0361 e. The van der Waals surface area contributed by atoms with Crippen molar-refractivity contribution in [1.82, 2.24) is 5.32 Å². The number of hydrogen-bond donors (Lipinski definition) is 1. The lowest BCUT2D eigenvalue weighted by atomic mass is 10.0. The van der Waals surface area contributed by atoms with Crippen molar-refractivity contribution in [2.45, 2.75) is 37.6 Å². The summed E-state index contributed by atoms with van der Waals surface area (Å²) < 4.78 is 0. The second-order valence-electron chi connectivity index (χ2n) is 4.84. The summed E-state index contributed by atoms with van der Waals surface area (Å²) in [6.07, 6.45) is 2.24. The molecule has 1 unspecified atom stereocenters. The van der Waals surface area contributed by atoms with Gasteiger partial charge in [-0.1, -0.05) is 26.0 Å². The molecule has 1 aromatic heterocycles. The molecule has 0 aliphatic rings. The van der Waals surface area contributed by atoms with Crippen LogP contribution >= 0.6 is 23.1 Å². The molecule has 1 nitrogen and oxygen atoms in total. The number of benzene rings is 1. The molecule has 0 saturated carbocycles. The van der Waals surface area contributed by atoms with E-state index in [2.05, 4.69) is 60.3 Å². The van der Waals surface area contributed by atoms with Crippen molar-refractivity contribution < 1.29 is 0 Å². The summed E-state index contributed by atoms with van der Waals surface area (Å²) in [6, 6.07) is 11.7. The van der Waals surface area contributed by atoms with Gasteiger partial charge < -0.3 is 5.32 Å². The summed E-state index contributed by atoms with van der Waals surface area (Å²) in [5, 5.41) is 8.09. The Morgan fingerprint density at radius 3 is 2.55 bits per heavy atom. The Morgan fingerprint density at radius 2 is 1.95 bits per heavy atom. The molecule has 0 fully saturated rings. The molecule has 0 radical (unpaired) electrons. The van der Waals surface area contributed by atoms with E-state index in [0.29, 0.717) is 6.04 Å². The standard InChI is InChI=1S/C17H23NS2/c1-3-10-18-17(12-14-9-11-19-13-14)15-5-7-16(8-6-15)20-4-2/h5-9,11,13,17-18H,3-4,10,12H2,1-2H3. The fourth-order valence-corrected chi connectivity index (χ4v) is 3.58. The molecule has 1 aromatic carbocycles. The monoisotopic (exact) mass is 305 g/mol. The highest BCUT2D eigenvalue weighted by molar-refractivity contribution is 7.99. The van der Waals surface area contributed by atoms with E-state index in [1.807, 2.05) is 11.8 Å². The van der Waals surface area contributed by atoms with E-state index < -0.39 is 0 Å². The average molecular weight is 306 g/mol. The molecule has 0 bridgehead atoms. The first-order chi connectivity index (χ1) is 9.83. The minimum absolute atomic E-state index is 0.422. The van der Waals surface area contributed by atoms with Gasteiger partial charge in [0.15, 0.2) is 0 Å². The highest BCUT2D eigenvalue weighted by Gasteiger charge is 2.11. The Hall–Kier alpha value is -0.770. The summed E-state index contributed by atoms with van der Waals surface area (Å²) in [5.41, 5.74) is 2.82. The van der Waals surface area contributed by atoms with E-state index in [9.17, 15) is 0 Å². The van der Waals surface area contributed by atoms with Gasteiger partial charge in [-0.3, -0.25) is 0 Å². The van der Waals surface area contributed by atoms with Gasteiger partial charge in [0.2, 0.25) is 0 Å². The van der Waals surface area contributed by atoms with Gasteiger partial charge in [0.05, 0.1) is 0 Å². The van der Waals surface area contributed by atoms with Crippen LogP contribution in [0.3, 0.4) is 0 Å². The zero-order valence-corrected chi connectivity index (χ0v) is 13.9. The summed E-state index contributed by atoms with van der Waals surface area (Å²) in [7, 11) is 0. The van der Waals surface area contributed by atoms with Crippen LogP contribution in [0, 0.1) is 0 Å². The Labute approximate surface area is 130 Å². The van der Waals surface area contributed by atoms with E-state index in [-0.39, 0.29) is 0 Å². The normalized spacial score (nSPS) is 12.5. The molecule has 20 heavy (non-hydrogen) atoms. The third-order valence-electron chi connectivity index (χ3n) is 3.25. The van der Waals surface area contributed by atoms with Crippen molar-refractivity contribution in [3.05, 3.63) is 52.2 Å². The van der Waals surface area contributed by atoms with Crippen LogP contribution in [-0.2, 0) is 6.42 Å². The topological polar surface area (TPSA) is 12.0 Å². The van der Waals surface area contributed by atoms with Crippen LogP contribution in [0.25, 0.3) is 0 Å². The van der Waals surface area contributed by atoms with Gasteiger partial charge in [0, 0.05) is 10.9 Å². The van der Waals surface area contributed by atoms with Gasteiger partial charge in [0.1, 0.15) is 0 Å². The Balaban J connectivity index is 2.08. The van der Waals surface area contributed by atoms with Gasteiger partial charge in [-0.15, -0.1) is 11.8 Å². The molecule has 0 spiro atoms. The van der Waals surface area contributed by atoms with Gasteiger partial charge in [0.25, 0.3) is 0 Å². The second kappa shape index (κ2) is 8.50. The molecule has 1 atom stereocenters. The van der Waals surface area contributed by atoms with E-state index in [1.54, 1.807) is 11.3 Å². The number of rotatable bonds is 8. The van der Waals surface area contributed by atoms with Crippen molar-refractivity contribution in [2.24, 2.45) is 0 Å². The summed E-state index contributed by atoms with van der Waals surface area (Å²) in [5.74, 6) is 1.13. The Kier molecular flexibility index (Phi) is 6.64. The maximum absolute atomic E-state index is 3.67. The van der Waals surface area contributed by atoms with E-state index >= 15 is 0 Å². The molecule has 0 aliphatic heterocycles. The molecule has 2 rings (SSSR count). The van der Waals surface area contributed by atoms with Crippen molar-refractivity contribution in [3.63, 3.8) is 0 Å². The Morgan fingerprint density at radius 1 is 1.15 bits per heavy atom. The highest BCUT2D eigenvalue weighted by Crippen LogP contribution is 2.24. The molecule has 3 heteroatoms. The fourth-order valence-electron chi connectivity index (χ4n) is 2.23. The van der Waals surface area contributed by atoms with E-state index in [1.165, 1.54) is 22.4 Å². The zero-order chi connectivity index (χ0) is 14.2. The van der Waals surface area contributed by atoms with Crippen LogP contribution in [0.4, 0.5) is 0 Å². The van der Waals surface area contributed by atoms with Crippen LogP contribution in [-0.4, -0.2) is 12.3 Å². The van der Waals surface area contributed by atoms with Crippen molar-refractivity contribution in [3.8, 4) is 0 Å². The number of thioether (sulfide) groups is 1. The van der Waals surface area contributed by atoms with Crippen LogP contribution < -0.4 is 5.32 Å². The van der Waals surface area contributed by atoms with Crippen molar-refractivity contribution in [1.29, 1.82) is 0 Å². The molecule has 0 saturated heterocycles.